The average molecular weight is 399 g/mol. The van der Waals surface area contributed by atoms with Crippen LogP contribution in [0.5, 0.6) is 0 Å². The van der Waals surface area contributed by atoms with Crippen LogP contribution in [0.25, 0.3) is 5.65 Å². The molecule has 8 nitrogen and oxygen atoms in total. The molecule has 3 aromatic heterocycles. The van der Waals surface area contributed by atoms with Gasteiger partial charge < -0.3 is 10.0 Å². The molecule has 0 spiro atoms. The summed E-state index contributed by atoms with van der Waals surface area (Å²) in [5.74, 6) is 0.326. The van der Waals surface area contributed by atoms with Gasteiger partial charge in [0.15, 0.2) is 11.5 Å². The molecule has 0 aliphatic rings. The Balaban J connectivity index is 1.88. The SMILES string of the molecule is Cc1nn(C(C)C)c(C)c1CN(C)C(=O)c1ccc2nnc(C(O)C(C)C)n2c1. The molecule has 156 valence electrons. The second-order valence-corrected chi connectivity index (χ2v) is 8.24. The molecule has 0 saturated heterocycles. The quantitative estimate of drug-likeness (QED) is 0.689. The number of amides is 1. The highest BCUT2D eigenvalue weighted by Gasteiger charge is 2.22. The number of carbonyl (C=O) groups excluding carboxylic acids is 1. The van der Waals surface area contributed by atoms with Crippen molar-refractivity contribution in [3.8, 4) is 0 Å². The molecule has 1 unspecified atom stereocenters. The van der Waals surface area contributed by atoms with Crippen molar-refractivity contribution < 1.29 is 9.90 Å². The van der Waals surface area contributed by atoms with E-state index in [2.05, 4.69) is 29.1 Å². The number of aliphatic hydroxyl groups excluding tert-OH is 1. The van der Waals surface area contributed by atoms with Gasteiger partial charge in [0, 0.05) is 37.1 Å². The zero-order valence-electron chi connectivity index (χ0n) is 18.2. The number of hydrogen-bond acceptors (Lipinski definition) is 5. The van der Waals surface area contributed by atoms with E-state index in [4.69, 9.17) is 0 Å². The Kier molecular flexibility index (Phi) is 5.75. The minimum atomic E-state index is -0.750. The Labute approximate surface area is 171 Å². The topological polar surface area (TPSA) is 88.5 Å². The van der Waals surface area contributed by atoms with Crippen LogP contribution in [0.4, 0.5) is 0 Å². The van der Waals surface area contributed by atoms with Crippen LogP contribution in [0.2, 0.25) is 0 Å². The summed E-state index contributed by atoms with van der Waals surface area (Å²) in [6.45, 7) is 12.5. The van der Waals surface area contributed by atoms with Gasteiger partial charge in [0.05, 0.1) is 11.3 Å². The maximum atomic E-state index is 13.1. The molecule has 0 radical (unpaired) electrons. The summed E-state index contributed by atoms with van der Waals surface area (Å²) in [6.07, 6.45) is 0.951. The predicted molar refractivity (Wildman–Crippen MR) is 111 cm³/mol. The Bertz CT molecular complexity index is 1030. The molecule has 0 bridgehead atoms. The molecule has 3 aromatic rings. The molecule has 1 atom stereocenters. The second-order valence-electron chi connectivity index (χ2n) is 8.24. The van der Waals surface area contributed by atoms with Crippen LogP contribution < -0.4 is 0 Å². The fourth-order valence-corrected chi connectivity index (χ4v) is 3.49. The first-order chi connectivity index (χ1) is 13.6. The second kappa shape index (κ2) is 7.94. The first-order valence-corrected chi connectivity index (χ1v) is 9.94. The fourth-order valence-electron chi connectivity index (χ4n) is 3.49. The number of aromatic nitrogens is 5. The van der Waals surface area contributed by atoms with Gasteiger partial charge in [-0.05, 0) is 45.7 Å². The number of fused-ring (bicyclic) bond motifs is 1. The van der Waals surface area contributed by atoms with Crippen molar-refractivity contribution in [2.24, 2.45) is 5.92 Å². The molecule has 1 N–H and O–H groups in total. The molecule has 0 aromatic carbocycles. The van der Waals surface area contributed by atoms with Crippen LogP contribution in [-0.2, 0) is 6.54 Å². The van der Waals surface area contributed by atoms with Crippen molar-refractivity contribution in [3.05, 3.63) is 46.7 Å². The van der Waals surface area contributed by atoms with E-state index >= 15 is 0 Å². The summed E-state index contributed by atoms with van der Waals surface area (Å²) < 4.78 is 3.69. The van der Waals surface area contributed by atoms with Gasteiger partial charge in [0.1, 0.15) is 6.10 Å². The Hall–Kier alpha value is -2.74. The van der Waals surface area contributed by atoms with Crippen molar-refractivity contribution in [3.63, 3.8) is 0 Å². The number of carbonyl (C=O) groups is 1. The summed E-state index contributed by atoms with van der Waals surface area (Å²) in [6, 6.07) is 3.76. The first kappa shape index (κ1) is 21.0. The molecular weight excluding hydrogens is 368 g/mol. The molecule has 0 aliphatic carbocycles. The predicted octanol–water partition coefficient (Wildman–Crippen LogP) is 3.09. The van der Waals surface area contributed by atoms with Crippen molar-refractivity contribution in [2.75, 3.05) is 7.05 Å². The smallest absolute Gasteiger partial charge is 0.255 e. The minimum Gasteiger partial charge on any atom is -0.385 e. The zero-order chi connectivity index (χ0) is 21.5. The summed E-state index contributed by atoms with van der Waals surface area (Å²) >= 11 is 0. The fraction of sp³-hybridized carbons (Fsp3) is 0.524. The molecule has 8 heteroatoms. The monoisotopic (exact) mass is 398 g/mol. The number of rotatable bonds is 6. The lowest BCUT2D eigenvalue weighted by molar-refractivity contribution is 0.0783. The van der Waals surface area contributed by atoms with Crippen molar-refractivity contribution in [1.82, 2.24) is 29.3 Å². The van der Waals surface area contributed by atoms with Gasteiger partial charge in [-0.25, -0.2) is 0 Å². The van der Waals surface area contributed by atoms with Crippen LogP contribution in [-0.4, -0.2) is 47.3 Å². The third kappa shape index (κ3) is 3.89. The van der Waals surface area contributed by atoms with E-state index in [0.29, 0.717) is 23.6 Å². The molecule has 0 aliphatic heterocycles. The van der Waals surface area contributed by atoms with E-state index in [1.165, 1.54) is 0 Å². The molecule has 0 fully saturated rings. The van der Waals surface area contributed by atoms with Gasteiger partial charge in [-0.15, -0.1) is 10.2 Å². The summed E-state index contributed by atoms with van der Waals surface area (Å²) in [5, 5.41) is 23.2. The maximum Gasteiger partial charge on any atom is 0.255 e. The van der Waals surface area contributed by atoms with Gasteiger partial charge in [0.25, 0.3) is 5.91 Å². The van der Waals surface area contributed by atoms with Gasteiger partial charge in [-0.3, -0.25) is 13.9 Å². The Morgan fingerprint density at radius 1 is 1.17 bits per heavy atom. The van der Waals surface area contributed by atoms with E-state index in [1.807, 2.05) is 32.4 Å². The molecule has 1 amide bonds. The van der Waals surface area contributed by atoms with Crippen LogP contribution in [0.15, 0.2) is 18.3 Å². The van der Waals surface area contributed by atoms with E-state index in [-0.39, 0.29) is 17.9 Å². The molecule has 3 heterocycles. The summed E-state index contributed by atoms with van der Waals surface area (Å²) in [5.41, 5.74) is 4.20. The third-order valence-electron chi connectivity index (χ3n) is 5.28. The lowest BCUT2D eigenvalue weighted by atomic mass is 10.1. The Morgan fingerprint density at radius 3 is 2.45 bits per heavy atom. The maximum absolute atomic E-state index is 13.1. The van der Waals surface area contributed by atoms with Crippen LogP contribution in [0.3, 0.4) is 0 Å². The van der Waals surface area contributed by atoms with Crippen LogP contribution in [0.1, 0.15) is 73.0 Å². The molecular formula is C21H30N6O2. The lowest BCUT2D eigenvalue weighted by Gasteiger charge is -2.18. The van der Waals surface area contributed by atoms with Crippen molar-refractivity contribution in [1.29, 1.82) is 0 Å². The van der Waals surface area contributed by atoms with Gasteiger partial charge >= 0.3 is 0 Å². The standard InChI is InChI=1S/C21H30N6O2/c1-12(2)19(28)20-23-22-18-9-8-16(10-26(18)20)21(29)25(7)11-17-14(5)24-27(13(3)4)15(17)6/h8-10,12-13,19,28H,11H2,1-7H3. The Morgan fingerprint density at radius 2 is 1.86 bits per heavy atom. The lowest BCUT2D eigenvalue weighted by Crippen LogP contribution is -2.27. The molecule has 0 saturated carbocycles. The summed E-state index contributed by atoms with van der Waals surface area (Å²) in [7, 11) is 1.79. The normalized spacial score (nSPS) is 12.9. The number of nitrogens with zero attached hydrogens (tertiary/aromatic N) is 6. The van der Waals surface area contributed by atoms with E-state index in [1.54, 1.807) is 34.7 Å². The third-order valence-corrected chi connectivity index (χ3v) is 5.28. The van der Waals surface area contributed by atoms with Gasteiger partial charge in [-0.2, -0.15) is 5.10 Å². The highest BCUT2D eigenvalue weighted by molar-refractivity contribution is 5.94. The minimum absolute atomic E-state index is 0.00660. The number of aliphatic hydroxyl groups is 1. The first-order valence-electron chi connectivity index (χ1n) is 9.94. The van der Waals surface area contributed by atoms with Crippen molar-refractivity contribution >= 4 is 11.6 Å². The van der Waals surface area contributed by atoms with Crippen molar-refractivity contribution in [2.45, 2.75) is 60.2 Å². The van der Waals surface area contributed by atoms with Crippen LogP contribution >= 0.6 is 0 Å². The van der Waals surface area contributed by atoms with Crippen LogP contribution in [0, 0.1) is 19.8 Å². The summed E-state index contributed by atoms with van der Waals surface area (Å²) in [4.78, 5) is 14.8. The zero-order valence-corrected chi connectivity index (χ0v) is 18.2. The number of hydrogen-bond donors (Lipinski definition) is 1. The van der Waals surface area contributed by atoms with E-state index in [9.17, 15) is 9.90 Å². The molecule has 3 rings (SSSR count). The number of pyridine rings is 1. The highest BCUT2D eigenvalue weighted by atomic mass is 16.3. The highest BCUT2D eigenvalue weighted by Crippen LogP contribution is 2.22. The van der Waals surface area contributed by atoms with E-state index < -0.39 is 6.10 Å². The largest absolute Gasteiger partial charge is 0.385 e. The number of aryl methyl sites for hydroxylation is 1. The molecule has 29 heavy (non-hydrogen) atoms. The van der Waals surface area contributed by atoms with Gasteiger partial charge in [0.2, 0.25) is 0 Å². The van der Waals surface area contributed by atoms with E-state index in [0.717, 1.165) is 17.0 Å². The van der Waals surface area contributed by atoms with Gasteiger partial charge in [-0.1, -0.05) is 13.8 Å². The average Bonchev–Trinajstić information content (AvgIpc) is 3.22.